The monoisotopic (exact) mass is 242 g/mol. The molecule has 0 bridgehead atoms. The fourth-order valence-corrected chi connectivity index (χ4v) is 1.76. The first-order valence-corrected chi connectivity index (χ1v) is 5.96. The zero-order valence-corrected chi connectivity index (χ0v) is 11.2. The van der Waals surface area contributed by atoms with Gasteiger partial charge in [0.05, 0.1) is 12.2 Å². The van der Waals surface area contributed by atoms with Crippen LogP contribution in [0.5, 0.6) is 0 Å². The summed E-state index contributed by atoms with van der Waals surface area (Å²) >= 11 is 0. The molecular formula is C12H22N2O3. The van der Waals surface area contributed by atoms with Crippen molar-refractivity contribution in [2.45, 2.75) is 65.3 Å². The smallest absolute Gasteiger partial charge is 0.428 e. The van der Waals surface area contributed by atoms with Gasteiger partial charge in [0.25, 0.3) is 0 Å². The average Bonchev–Trinajstić information content (AvgIpc) is 2.10. The molecule has 0 aliphatic carbocycles. The molecule has 1 amide bonds. The van der Waals surface area contributed by atoms with Crippen LogP contribution in [-0.2, 0) is 9.47 Å². The van der Waals surface area contributed by atoms with Gasteiger partial charge in [-0.2, -0.15) is 5.10 Å². The third-order valence-electron chi connectivity index (χ3n) is 2.21. The van der Waals surface area contributed by atoms with E-state index in [0.29, 0.717) is 0 Å². The molecular weight excluding hydrogens is 220 g/mol. The number of hydrogen-bond acceptors (Lipinski definition) is 4. The predicted molar refractivity (Wildman–Crippen MR) is 66.0 cm³/mol. The summed E-state index contributed by atoms with van der Waals surface area (Å²) in [7, 11) is 0. The predicted octanol–water partition coefficient (Wildman–Crippen LogP) is 2.45. The lowest BCUT2D eigenvalue weighted by atomic mass is 10.0. The Kier molecular flexibility index (Phi) is 4.51. The highest BCUT2D eigenvalue weighted by atomic mass is 16.6. The van der Waals surface area contributed by atoms with Gasteiger partial charge in [0, 0.05) is 18.6 Å². The molecule has 0 radical (unpaired) electrons. The van der Waals surface area contributed by atoms with Crippen LogP contribution in [0.1, 0.15) is 47.5 Å². The summed E-state index contributed by atoms with van der Waals surface area (Å²) in [5.74, 6) is 0. The molecule has 0 spiro atoms. The molecule has 1 aliphatic rings. The lowest BCUT2D eigenvalue weighted by Crippen LogP contribution is -2.33. The normalized spacial score (nSPS) is 27.9. The fraction of sp³-hybridized carbons (Fsp3) is 0.833. The molecule has 5 nitrogen and oxygen atoms in total. The van der Waals surface area contributed by atoms with Crippen molar-refractivity contribution >= 4 is 11.8 Å². The highest BCUT2D eigenvalue weighted by Crippen LogP contribution is 2.16. The van der Waals surface area contributed by atoms with Gasteiger partial charge in [-0.15, -0.1) is 0 Å². The van der Waals surface area contributed by atoms with Crippen molar-refractivity contribution < 1.29 is 14.3 Å². The number of nitrogens with zero attached hydrogens (tertiary/aromatic N) is 1. The van der Waals surface area contributed by atoms with Gasteiger partial charge in [0.15, 0.2) is 0 Å². The Morgan fingerprint density at radius 2 is 1.88 bits per heavy atom. The third-order valence-corrected chi connectivity index (χ3v) is 2.21. The van der Waals surface area contributed by atoms with Gasteiger partial charge in [0.1, 0.15) is 5.60 Å². The summed E-state index contributed by atoms with van der Waals surface area (Å²) < 4.78 is 10.7. The molecule has 1 heterocycles. The minimum Gasteiger partial charge on any atom is -0.443 e. The van der Waals surface area contributed by atoms with E-state index in [1.807, 2.05) is 34.6 Å². The molecule has 1 fully saturated rings. The molecule has 0 aromatic carbocycles. The van der Waals surface area contributed by atoms with Crippen molar-refractivity contribution in [1.29, 1.82) is 0 Å². The second kappa shape index (κ2) is 5.49. The van der Waals surface area contributed by atoms with Gasteiger partial charge in [-0.05, 0) is 34.6 Å². The number of hydrazone groups is 1. The maximum atomic E-state index is 11.4. The van der Waals surface area contributed by atoms with Gasteiger partial charge in [0.2, 0.25) is 0 Å². The van der Waals surface area contributed by atoms with Gasteiger partial charge in [-0.25, -0.2) is 10.2 Å². The van der Waals surface area contributed by atoms with Crippen molar-refractivity contribution in [1.82, 2.24) is 5.43 Å². The second-order valence-corrected chi connectivity index (χ2v) is 5.46. The Hall–Kier alpha value is -1.10. The summed E-state index contributed by atoms with van der Waals surface area (Å²) in [6.07, 6.45) is 1.29. The summed E-state index contributed by atoms with van der Waals surface area (Å²) in [6.45, 7) is 9.45. The van der Waals surface area contributed by atoms with E-state index >= 15 is 0 Å². The Bertz CT molecular complexity index is 295. The van der Waals surface area contributed by atoms with E-state index in [2.05, 4.69) is 10.5 Å². The van der Waals surface area contributed by atoms with Crippen LogP contribution in [0.15, 0.2) is 5.10 Å². The topological polar surface area (TPSA) is 59.9 Å². The lowest BCUT2D eigenvalue weighted by Gasteiger charge is -2.26. The second-order valence-electron chi connectivity index (χ2n) is 5.46. The molecule has 17 heavy (non-hydrogen) atoms. The Morgan fingerprint density at radius 3 is 2.35 bits per heavy atom. The van der Waals surface area contributed by atoms with Crippen LogP contribution in [0.3, 0.4) is 0 Å². The van der Waals surface area contributed by atoms with Crippen molar-refractivity contribution in [3.8, 4) is 0 Å². The summed E-state index contributed by atoms with van der Waals surface area (Å²) in [5.41, 5.74) is 2.87. The van der Waals surface area contributed by atoms with Crippen LogP contribution in [0, 0.1) is 0 Å². The number of nitrogens with one attached hydrogen (secondary N) is 1. The molecule has 1 rings (SSSR count). The van der Waals surface area contributed by atoms with E-state index in [1.165, 1.54) is 0 Å². The van der Waals surface area contributed by atoms with Gasteiger partial charge < -0.3 is 9.47 Å². The average molecular weight is 242 g/mol. The quantitative estimate of drug-likeness (QED) is 0.718. The van der Waals surface area contributed by atoms with Crippen molar-refractivity contribution in [3.05, 3.63) is 0 Å². The molecule has 5 heteroatoms. The lowest BCUT2D eigenvalue weighted by molar-refractivity contribution is 0.00338. The number of rotatable bonds is 1. The number of ether oxygens (including phenoxy) is 2. The Balaban J connectivity index is 2.45. The summed E-state index contributed by atoms with van der Waals surface area (Å²) in [5, 5.41) is 4.08. The number of carbonyl (C=O) groups excluding carboxylic acids is 1. The molecule has 0 aromatic heterocycles. The molecule has 2 atom stereocenters. The van der Waals surface area contributed by atoms with Crippen LogP contribution in [0.2, 0.25) is 0 Å². The van der Waals surface area contributed by atoms with E-state index in [9.17, 15) is 4.79 Å². The standard InChI is InChI=1S/C12H22N2O3/c1-8-6-10(7-9(2)16-8)13-14-11(15)17-12(3,4)5/h8-9H,6-7H2,1-5H3,(H,14,15)/t8-,9+. The number of hydrogen-bond donors (Lipinski definition) is 1. The van der Waals surface area contributed by atoms with E-state index < -0.39 is 11.7 Å². The first-order chi connectivity index (χ1) is 7.76. The van der Waals surface area contributed by atoms with Gasteiger partial charge >= 0.3 is 6.09 Å². The van der Waals surface area contributed by atoms with Crippen LogP contribution in [0.4, 0.5) is 4.79 Å². The van der Waals surface area contributed by atoms with Crippen LogP contribution >= 0.6 is 0 Å². The first kappa shape index (κ1) is 14.0. The highest BCUT2D eigenvalue weighted by molar-refractivity contribution is 5.86. The highest BCUT2D eigenvalue weighted by Gasteiger charge is 2.21. The Morgan fingerprint density at radius 1 is 1.35 bits per heavy atom. The maximum Gasteiger partial charge on any atom is 0.428 e. The number of amides is 1. The number of carbonyl (C=O) groups is 1. The molecule has 1 N–H and O–H groups in total. The largest absolute Gasteiger partial charge is 0.443 e. The van der Waals surface area contributed by atoms with E-state index in [-0.39, 0.29) is 12.2 Å². The van der Waals surface area contributed by atoms with Crippen molar-refractivity contribution in [3.63, 3.8) is 0 Å². The third kappa shape index (κ3) is 5.68. The van der Waals surface area contributed by atoms with Crippen LogP contribution in [0.25, 0.3) is 0 Å². The first-order valence-electron chi connectivity index (χ1n) is 5.96. The molecule has 98 valence electrons. The zero-order chi connectivity index (χ0) is 13.1. The Labute approximate surface area is 103 Å². The van der Waals surface area contributed by atoms with Crippen LogP contribution < -0.4 is 5.43 Å². The fourth-order valence-electron chi connectivity index (χ4n) is 1.76. The molecule has 1 aliphatic heterocycles. The van der Waals surface area contributed by atoms with E-state index in [4.69, 9.17) is 9.47 Å². The minimum absolute atomic E-state index is 0.151. The summed E-state index contributed by atoms with van der Waals surface area (Å²) in [4.78, 5) is 11.4. The van der Waals surface area contributed by atoms with Crippen molar-refractivity contribution in [2.24, 2.45) is 5.10 Å². The van der Waals surface area contributed by atoms with Gasteiger partial charge in [-0.3, -0.25) is 0 Å². The molecule has 0 unspecified atom stereocenters. The maximum absolute atomic E-state index is 11.4. The van der Waals surface area contributed by atoms with E-state index in [0.717, 1.165) is 18.6 Å². The molecule has 0 aromatic rings. The SMILES string of the molecule is C[C@@H]1CC(=NNC(=O)OC(C)(C)C)C[C@H](C)O1. The van der Waals surface area contributed by atoms with E-state index in [1.54, 1.807) is 0 Å². The summed E-state index contributed by atoms with van der Waals surface area (Å²) in [6, 6.07) is 0. The van der Waals surface area contributed by atoms with Crippen LogP contribution in [-0.4, -0.2) is 29.6 Å². The minimum atomic E-state index is -0.517. The molecule has 0 saturated carbocycles. The van der Waals surface area contributed by atoms with Crippen molar-refractivity contribution in [2.75, 3.05) is 0 Å². The zero-order valence-electron chi connectivity index (χ0n) is 11.2. The molecule has 1 saturated heterocycles. The van der Waals surface area contributed by atoms with Gasteiger partial charge in [-0.1, -0.05) is 0 Å².